The Balaban J connectivity index is 2.00. The number of hydrogen-bond acceptors (Lipinski definition) is 5. The van der Waals surface area contributed by atoms with Crippen molar-refractivity contribution in [2.24, 2.45) is 0 Å². The van der Waals surface area contributed by atoms with Crippen molar-refractivity contribution in [1.29, 1.82) is 0 Å². The number of H-pyrrole nitrogens is 1. The number of hydrogen-bond donors (Lipinski definition) is 2. The van der Waals surface area contributed by atoms with E-state index in [1.54, 1.807) is 18.2 Å². The molecule has 1 aromatic heterocycles. The van der Waals surface area contributed by atoms with Crippen molar-refractivity contribution in [3.63, 3.8) is 0 Å². The van der Waals surface area contributed by atoms with E-state index in [2.05, 4.69) is 15.4 Å². The van der Waals surface area contributed by atoms with Crippen LogP contribution in [0.2, 0.25) is 0 Å². The van der Waals surface area contributed by atoms with Gasteiger partial charge in [0.05, 0.1) is 5.56 Å². The molecule has 1 radical (unpaired) electrons. The first kappa shape index (κ1) is 16.0. The summed E-state index contributed by atoms with van der Waals surface area (Å²) in [5, 5.41) is 32.6. The van der Waals surface area contributed by atoms with Gasteiger partial charge < -0.3 is 9.52 Å². The molecule has 0 amide bonds. The van der Waals surface area contributed by atoms with E-state index in [4.69, 9.17) is 4.42 Å². The molecule has 28 heavy (non-hydrogen) atoms. The lowest BCUT2D eigenvalue weighted by molar-refractivity contribution is 0.0698. The molecule has 5 rings (SSSR count). The van der Waals surface area contributed by atoms with Crippen molar-refractivity contribution in [1.82, 2.24) is 15.4 Å². The van der Waals surface area contributed by atoms with Crippen LogP contribution in [0.15, 0.2) is 57.7 Å². The molecule has 2 N–H and O–H groups in total. The van der Waals surface area contributed by atoms with E-state index in [-0.39, 0.29) is 28.1 Å². The molecular weight excluding hydrogens is 362 g/mol. The molecule has 0 saturated heterocycles. The number of carboxylic acids is 1. The van der Waals surface area contributed by atoms with Crippen LogP contribution in [0.3, 0.4) is 0 Å². The predicted molar refractivity (Wildman–Crippen MR) is 99.1 cm³/mol. The van der Waals surface area contributed by atoms with Gasteiger partial charge in [0, 0.05) is 34.2 Å². The standard InChI is InChI=1S/C20H10N3O5/c24-9-1-3-11-17(5-9)28-18-6-10(25)2-4-12(18)19(11)13-7-15-16(22-23-21-15)8-14(13)20(26)27/h1-8H,(H,26,27)(H,21,22,23). The van der Waals surface area contributed by atoms with Crippen molar-refractivity contribution in [3.05, 3.63) is 64.3 Å². The van der Waals surface area contributed by atoms with Crippen LogP contribution < -0.4 is 5.43 Å². The molecule has 0 bridgehead atoms. The van der Waals surface area contributed by atoms with Crippen LogP contribution in [-0.4, -0.2) is 26.5 Å². The maximum Gasteiger partial charge on any atom is 0.336 e. The van der Waals surface area contributed by atoms with Crippen LogP contribution in [0.5, 0.6) is 5.75 Å². The first-order valence-corrected chi connectivity index (χ1v) is 8.27. The molecule has 3 aromatic rings. The Kier molecular flexibility index (Phi) is 3.23. The van der Waals surface area contributed by atoms with Crippen LogP contribution in [0.4, 0.5) is 0 Å². The van der Waals surface area contributed by atoms with Gasteiger partial charge in [0.1, 0.15) is 22.4 Å². The van der Waals surface area contributed by atoms with E-state index < -0.39 is 5.97 Å². The van der Waals surface area contributed by atoms with Crippen molar-refractivity contribution in [2.75, 3.05) is 0 Å². The monoisotopic (exact) mass is 372 g/mol. The lowest BCUT2D eigenvalue weighted by Gasteiger charge is -2.16. The van der Waals surface area contributed by atoms with Gasteiger partial charge >= 0.3 is 5.97 Å². The number of benzene rings is 3. The molecular formula is C20H10N3O5. The third-order valence-electron chi connectivity index (χ3n) is 4.62. The number of aromatic amines is 1. The summed E-state index contributed by atoms with van der Waals surface area (Å²) in [5.41, 5.74) is 2.41. The molecule has 0 unspecified atom stereocenters. The minimum atomic E-state index is -1.14. The van der Waals surface area contributed by atoms with Gasteiger partial charge in [-0.2, -0.15) is 15.4 Å². The number of nitrogens with zero attached hydrogens (tertiary/aromatic N) is 2. The Morgan fingerprint density at radius 2 is 1.75 bits per heavy atom. The average molecular weight is 372 g/mol. The zero-order valence-corrected chi connectivity index (χ0v) is 14.1. The largest absolute Gasteiger partial charge is 0.478 e. The van der Waals surface area contributed by atoms with Gasteiger partial charge in [0.15, 0.2) is 11.2 Å². The Hall–Kier alpha value is -4.20. The fourth-order valence-electron chi connectivity index (χ4n) is 3.41. The van der Waals surface area contributed by atoms with E-state index >= 15 is 0 Å². The minimum absolute atomic E-state index is 0.0209. The quantitative estimate of drug-likeness (QED) is 0.455. The molecule has 8 heteroatoms. The van der Waals surface area contributed by atoms with Gasteiger partial charge in [0.25, 0.3) is 0 Å². The van der Waals surface area contributed by atoms with Crippen molar-refractivity contribution < 1.29 is 19.4 Å². The van der Waals surface area contributed by atoms with E-state index in [1.807, 2.05) is 0 Å². The van der Waals surface area contributed by atoms with Crippen molar-refractivity contribution >= 4 is 28.0 Å². The summed E-state index contributed by atoms with van der Waals surface area (Å²) in [6, 6.07) is 11.6. The maximum atomic E-state index is 12.0. The molecule has 0 atom stereocenters. The van der Waals surface area contributed by atoms with E-state index in [0.717, 1.165) is 0 Å². The average Bonchev–Trinajstić information content (AvgIpc) is 3.12. The zero-order valence-electron chi connectivity index (χ0n) is 14.1. The van der Waals surface area contributed by atoms with Gasteiger partial charge in [-0.1, -0.05) is 0 Å². The summed E-state index contributed by atoms with van der Waals surface area (Å²) >= 11 is 0. The fourth-order valence-corrected chi connectivity index (χ4v) is 3.41. The zero-order chi connectivity index (χ0) is 19.4. The van der Waals surface area contributed by atoms with Crippen LogP contribution in [-0.2, 0) is 5.11 Å². The maximum absolute atomic E-state index is 12.0. The highest BCUT2D eigenvalue weighted by atomic mass is 16.4. The van der Waals surface area contributed by atoms with Gasteiger partial charge in [-0.3, -0.25) is 9.90 Å². The second-order valence-corrected chi connectivity index (χ2v) is 6.31. The molecule has 0 fully saturated rings. The first-order valence-electron chi connectivity index (χ1n) is 8.27. The lowest BCUT2D eigenvalue weighted by Crippen LogP contribution is -2.03. The number of rotatable bonds is 2. The molecule has 0 spiro atoms. The minimum Gasteiger partial charge on any atom is -0.478 e. The number of aromatic nitrogens is 3. The highest BCUT2D eigenvalue weighted by Gasteiger charge is 2.23. The highest BCUT2D eigenvalue weighted by Crippen LogP contribution is 2.42. The number of aromatic carboxylic acids is 1. The number of nitrogens with one attached hydrogen (secondary N) is 1. The topological polar surface area (TPSA) is 129 Å². The third-order valence-corrected chi connectivity index (χ3v) is 4.62. The Bertz CT molecular complexity index is 1430. The Morgan fingerprint density at radius 3 is 2.54 bits per heavy atom. The molecule has 8 nitrogen and oxygen atoms in total. The normalized spacial score (nSPS) is 11.4. The van der Waals surface area contributed by atoms with Gasteiger partial charge in [-0.25, -0.2) is 4.79 Å². The van der Waals surface area contributed by atoms with Crippen molar-refractivity contribution in [3.8, 4) is 28.2 Å². The molecule has 2 aliphatic rings. The summed E-state index contributed by atoms with van der Waals surface area (Å²) in [5.74, 6) is -1.13. The van der Waals surface area contributed by atoms with Gasteiger partial charge in [-0.05, 0) is 36.4 Å². The fraction of sp³-hybridized carbons (Fsp3) is 0. The predicted octanol–water partition coefficient (Wildman–Crippen LogP) is 3.68. The number of carbonyl (C=O) groups is 1. The summed E-state index contributed by atoms with van der Waals surface area (Å²) in [6.07, 6.45) is 0. The smallest absolute Gasteiger partial charge is 0.336 e. The molecule has 0 saturated carbocycles. The van der Waals surface area contributed by atoms with Crippen LogP contribution >= 0.6 is 0 Å². The Morgan fingerprint density at radius 1 is 0.964 bits per heavy atom. The third kappa shape index (κ3) is 2.32. The summed E-state index contributed by atoms with van der Waals surface area (Å²) in [7, 11) is 0. The van der Waals surface area contributed by atoms with Gasteiger partial charge in [-0.15, -0.1) is 0 Å². The first-order chi connectivity index (χ1) is 13.5. The summed E-state index contributed by atoms with van der Waals surface area (Å²) in [6.45, 7) is 0. The summed E-state index contributed by atoms with van der Waals surface area (Å²) in [4.78, 5) is 23.8. The highest BCUT2D eigenvalue weighted by molar-refractivity contribution is 6.09. The summed E-state index contributed by atoms with van der Waals surface area (Å²) < 4.78 is 5.76. The molecule has 2 heterocycles. The second kappa shape index (κ2) is 5.65. The number of carboxylic acid groups (broad SMARTS) is 1. The second-order valence-electron chi connectivity index (χ2n) is 6.31. The van der Waals surface area contributed by atoms with E-state index in [9.17, 15) is 19.8 Å². The SMILES string of the molecule is [O]c1ccc2c(-c3cc4n[nH]nc4cc3C(=O)O)c3ccc(=O)cc-3oc2c1. The van der Waals surface area contributed by atoms with E-state index in [0.29, 0.717) is 33.1 Å². The van der Waals surface area contributed by atoms with Crippen LogP contribution in [0, 0.1) is 0 Å². The van der Waals surface area contributed by atoms with Crippen LogP contribution in [0.25, 0.3) is 44.5 Å². The molecule has 1 aliphatic carbocycles. The van der Waals surface area contributed by atoms with Gasteiger partial charge in [0.2, 0.25) is 0 Å². The van der Waals surface area contributed by atoms with Crippen LogP contribution in [0.1, 0.15) is 10.4 Å². The number of fused-ring (bicyclic) bond motifs is 3. The molecule has 1 aliphatic heterocycles. The van der Waals surface area contributed by atoms with Crippen molar-refractivity contribution in [2.45, 2.75) is 0 Å². The van der Waals surface area contributed by atoms with E-state index in [1.165, 1.54) is 30.3 Å². The molecule has 135 valence electrons. The lowest BCUT2D eigenvalue weighted by atomic mass is 9.90. The Labute approximate surface area is 156 Å². The molecule has 2 aromatic carbocycles.